The molecule has 12 nitrogen and oxygen atoms in total. The molecule has 14 heteroatoms. The number of hydrogen-bond donors (Lipinski definition) is 0. The normalized spacial score (nSPS) is 24.8. The van der Waals surface area contributed by atoms with Crippen molar-refractivity contribution in [1.82, 2.24) is 0 Å². The standard InChI is InChI=1S/C20H32B2O12/c1-9(2)27-17(23)13-14(18(24)28-10(3)4)32-21(31-13)22-33-15(19(25)29-11(5)6)16(34-22)20(26)30-12(7)8/h9-16H,1-8H3/t13-,14?,15-,16?/m1/s1. The van der Waals surface area contributed by atoms with Gasteiger partial charge in [-0.2, -0.15) is 0 Å². The van der Waals surface area contributed by atoms with Crippen LogP contribution in [0.5, 0.6) is 0 Å². The van der Waals surface area contributed by atoms with Crippen LogP contribution in [0.3, 0.4) is 0 Å². The highest BCUT2D eigenvalue weighted by Crippen LogP contribution is 2.28. The van der Waals surface area contributed by atoms with Crippen molar-refractivity contribution >= 4 is 37.9 Å². The fourth-order valence-corrected chi connectivity index (χ4v) is 3.10. The summed E-state index contributed by atoms with van der Waals surface area (Å²) >= 11 is 0. The molecule has 0 bridgehead atoms. The van der Waals surface area contributed by atoms with Gasteiger partial charge in [-0.3, -0.25) is 0 Å². The fraction of sp³-hybridized carbons (Fsp3) is 0.800. The van der Waals surface area contributed by atoms with E-state index in [0.717, 1.165) is 0 Å². The van der Waals surface area contributed by atoms with Crippen LogP contribution in [0, 0.1) is 0 Å². The molecule has 2 unspecified atom stereocenters. The predicted octanol–water partition coefficient (Wildman–Crippen LogP) is 0.416. The van der Waals surface area contributed by atoms with Crippen molar-refractivity contribution in [3.8, 4) is 0 Å². The van der Waals surface area contributed by atoms with E-state index < -0.39 is 86.7 Å². The molecule has 4 atom stereocenters. The second kappa shape index (κ2) is 12.0. The molecule has 2 saturated heterocycles. The lowest BCUT2D eigenvalue weighted by molar-refractivity contribution is -0.167. The Hall–Kier alpha value is -2.15. The third-order valence-corrected chi connectivity index (χ3v) is 4.23. The van der Waals surface area contributed by atoms with Gasteiger partial charge < -0.3 is 37.6 Å². The Morgan fingerprint density at radius 1 is 0.471 bits per heavy atom. The molecule has 0 spiro atoms. The Morgan fingerprint density at radius 2 is 0.647 bits per heavy atom. The Bertz CT molecular complexity index is 634. The van der Waals surface area contributed by atoms with Crippen molar-refractivity contribution in [2.75, 3.05) is 0 Å². The molecule has 0 aromatic rings. The zero-order valence-corrected chi connectivity index (χ0v) is 20.7. The van der Waals surface area contributed by atoms with Crippen LogP contribution in [-0.2, 0) is 56.7 Å². The second-order valence-corrected chi connectivity index (χ2v) is 8.91. The van der Waals surface area contributed by atoms with Crippen LogP contribution < -0.4 is 0 Å². The average Bonchev–Trinajstić information content (AvgIpc) is 3.31. The molecular weight excluding hydrogens is 454 g/mol. The van der Waals surface area contributed by atoms with Crippen LogP contribution in [0.1, 0.15) is 55.4 Å². The molecule has 34 heavy (non-hydrogen) atoms. The van der Waals surface area contributed by atoms with E-state index in [0.29, 0.717) is 0 Å². The van der Waals surface area contributed by atoms with Gasteiger partial charge in [0.2, 0.25) is 0 Å². The number of esters is 4. The first-order chi connectivity index (χ1) is 15.8. The first-order valence-corrected chi connectivity index (χ1v) is 11.2. The number of hydrogen-bond acceptors (Lipinski definition) is 12. The third kappa shape index (κ3) is 7.42. The Labute approximate surface area is 199 Å². The smallest absolute Gasteiger partial charge is 0.461 e. The maximum Gasteiger partial charge on any atom is 0.489 e. The van der Waals surface area contributed by atoms with Crippen LogP contribution >= 0.6 is 0 Å². The molecule has 0 saturated carbocycles. The summed E-state index contributed by atoms with van der Waals surface area (Å²) in [4.78, 5) is 50.2. The van der Waals surface area contributed by atoms with Gasteiger partial charge in [0, 0.05) is 0 Å². The predicted molar refractivity (Wildman–Crippen MR) is 116 cm³/mol. The highest BCUT2D eigenvalue weighted by atomic mass is 16.7. The molecule has 0 aliphatic carbocycles. The van der Waals surface area contributed by atoms with Gasteiger partial charge in [-0.15, -0.1) is 0 Å². The zero-order chi connectivity index (χ0) is 25.7. The molecule has 0 aromatic carbocycles. The summed E-state index contributed by atoms with van der Waals surface area (Å²) in [5, 5.41) is 0. The molecule has 0 radical (unpaired) electrons. The lowest BCUT2D eigenvalue weighted by atomic mass is 9.49. The number of ether oxygens (including phenoxy) is 4. The molecule has 190 valence electrons. The summed E-state index contributed by atoms with van der Waals surface area (Å²) in [6.45, 7) is 13.0. The average molecular weight is 486 g/mol. The molecule has 2 heterocycles. The van der Waals surface area contributed by atoms with E-state index in [4.69, 9.17) is 37.6 Å². The fourth-order valence-electron chi connectivity index (χ4n) is 3.10. The van der Waals surface area contributed by atoms with Crippen molar-refractivity contribution in [3.05, 3.63) is 0 Å². The number of carbonyl (C=O) groups excluding carboxylic acids is 4. The minimum atomic E-state index is -1.48. The molecule has 2 aliphatic heterocycles. The SMILES string of the molecule is CC(C)OC(=O)C1OB(B2OC(C(=O)OC(C)C)[C@H](C(=O)OC(C)C)O2)O[C@H]1C(=O)OC(C)C. The summed E-state index contributed by atoms with van der Waals surface area (Å²) in [5.41, 5.74) is 0. The van der Waals surface area contributed by atoms with Gasteiger partial charge in [0.25, 0.3) is 0 Å². The van der Waals surface area contributed by atoms with Gasteiger partial charge in [0.15, 0.2) is 24.4 Å². The molecule has 2 rings (SSSR count). The van der Waals surface area contributed by atoms with Crippen molar-refractivity contribution in [2.45, 2.75) is 104 Å². The van der Waals surface area contributed by atoms with Crippen molar-refractivity contribution < 1.29 is 56.7 Å². The zero-order valence-electron chi connectivity index (χ0n) is 20.7. The van der Waals surface area contributed by atoms with E-state index in [1.165, 1.54) is 0 Å². The van der Waals surface area contributed by atoms with Crippen LogP contribution in [0.4, 0.5) is 0 Å². The van der Waals surface area contributed by atoms with Crippen LogP contribution in [0.15, 0.2) is 0 Å². The molecule has 0 aromatic heterocycles. The van der Waals surface area contributed by atoms with Gasteiger partial charge in [-0.25, -0.2) is 19.2 Å². The Balaban J connectivity index is 2.24. The maximum absolute atomic E-state index is 12.5. The monoisotopic (exact) mass is 486 g/mol. The van der Waals surface area contributed by atoms with Gasteiger partial charge in [0.05, 0.1) is 24.4 Å². The number of rotatable bonds is 9. The summed E-state index contributed by atoms with van der Waals surface area (Å²) in [6, 6.07) is 0. The van der Waals surface area contributed by atoms with E-state index in [1.54, 1.807) is 55.4 Å². The van der Waals surface area contributed by atoms with E-state index in [9.17, 15) is 19.2 Å². The van der Waals surface area contributed by atoms with Crippen molar-refractivity contribution in [1.29, 1.82) is 0 Å². The van der Waals surface area contributed by atoms with Gasteiger partial charge >= 0.3 is 37.9 Å². The van der Waals surface area contributed by atoms with E-state index in [-0.39, 0.29) is 0 Å². The van der Waals surface area contributed by atoms with E-state index >= 15 is 0 Å². The maximum atomic E-state index is 12.5. The topological polar surface area (TPSA) is 142 Å². The van der Waals surface area contributed by atoms with E-state index in [2.05, 4.69) is 0 Å². The van der Waals surface area contributed by atoms with Gasteiger partial charge in [-0.05, 0) is 55.4 Å². The van der Waals surface area contributed by atoms with Gasteiger partial charge in [0.1, 0.15) is 0 Å². The molecule has 0 N–H and O–H groups in total. The van der Waals surface area contributed by atoms with Crippen LogP contribution in [0.25, 0.3) is 0 Å². The van der Waals surface area contributed by atoms with Crippen molar-refractivity contribution in [2.24, 2.45) is 0 Å². The molecule has 0 amide bonds. The lowest BCUT2D eigenvalue weighted by Gasteiger charge is -2.18. The minimum Gasteiger partial charge on any atom is -0.461 e. The first-order valence-electron chi connectivity index (χ1n) is 11.2. The number of carbonyl (C=O) groups is 4. The minimum absolute atomic E-state index is 0.485. The summed E-state index contributed by atoms with van der Waals surface area (Å²) < 4.78 is 43.0. The third-order valence-electron chi connectivity index (χ3n) is 4.23. The van der Waals surface area contributed by atoms with Crippen LogP contribution in [-0.4, -0.2) is 86.7 Å². The molecule has 2 aliphatic rings. The first kappa shape index (κ1) is 28.1. The lowest BCUT2D eigenvalue weighted by Crippen LogP contribution is -2.41. The summed E-state index contributed by atoms with van der Waals surface area (Å²) in [6.07, 6.45) is -7.85. The van der Waals surface area contributed by atoms with Crippen LogP contribution in [0.2, 0.25) is 0 Å². The molecule has 2 fully saturated rings. The largest absolute Gasteiger partial charge is 0.489 e. The molecular formula is C20H32B2O12. The summed E-state index contributed by atoms with van der Waals surface area (Å²) in [5.74, 6) is -3.42. The highest BCUT2D eigenvalue weighted by Gasteiger charge is 2.62. The van der Waals surface area contributed by atoms with Crippen molar-refractivity contribution in [3.63, 3.8) is 0 Å². The quantitative estimate of drug-likeness (QED) is 0.253. The Morgan fingerprint density at radius 3 is 0.794 bits per heavy atom. The second-order valence-electron chi connectivity index (χ2n) is 8.91. The highest BCUT2D eigenvalue weighted by molar-refractivity contribution is 7.11. The van der Waals surface area contributed by atoms with E-state index in [1.807, 2.05) is 0 Å². The van der Waals surface area contributed by atoms with Gasteiger partial charge in [-0.1, -0.05) is 0 Å². The summed E-state index contributed by atoms with van der Waals surface area (Å²) in [7, 11) is -2.92. The Kier molecular flexibility index (Phi) is 9.92.